The molecule has 0 atom stereocenters. The highest BCUT2D eigenvalue weighted by Gasteiger charge is 2.41. The molecule has 24 heavy (non-hydrogen) atoms. The van der Waals surface area contributed by atoms with Gasteiger partial charge in [0.15, 0.2) is 0 Å². The number of rotatable bonds is 5. The van der Waals surface area contributed by atoms with Crippen molar-refractivity contribution >= 4 is 11.9 Å². The normalized spacial score (nSPS) is 16.5. The van der Waals surface area contributed by atoms with Gasteiger partial charge in [0.25, 0.3) is 5.91 Å². The molecule has 1 amide bonds. The molecule has 126 valence electrons. The monoisotopic (exact) mass is 329 g/mol. The zero-order valence-corrected chi connectivity index (χ0v) is 13.1. The number of carboxylic acids is 1. The predicted octanol–water partition coefficient (Wildman–Crippen LogP) is 1.29. The van der Waals surface area contributed by atoms with Crippen molar-refractivity contribution in [3.05, 3.63) is 53.9 Å². The van der Waals surface area contributed by atoms with E-state index in [1.807, 2.05) is 18.3 Å². The van der Waals surface area contributed by atoms with Gasteiger partial charge in [0.1, 0.15) is 5.54 Å². The van der Waals surface area contributed by atoms with Crippen LogP contribution in [0.3, 0.4) is 0 Å². The first-order valence-electron chi connectivity index (χ1n) is 7.79. The molecule has 2 heterocycles. The van der Waals surface area contributed by atoms with Crippen molar-refractivity contribution in [1.82, 2.24) is 15.1 Å². The Morgan fingerprint density at radius 1 is 1.29 bits per heavy atom. The first kappa shape index (κ1) is 16.2. The Balaban J connectivity index is 1.75. The lowest BCUT2D eigenvalue weighted by atomic mass is 9.89. The van der Waals surface area contributed by atoms with Gasteiger partial charge in [0.05, 0.1) is 6.54 Å². The number of carboxylic acid groups (broad SMARTS) is 1. The number of nitrogens with zero attached hydrogens (tertiary/aromatic N) is 2. The van der Waals surface area contributed by atoms with E-state index in [4.69, 9.17) is 4.74 Å². The summed E-state index contributed by atoms with van der Waals surface area (Å²) in [4.78, 5) is 24.2. The summed E-state index contributed by atoms with van der Waals surface area (Å²) in [5, 5.41) is 16.4. The minimum atomic E-state index is -1.26. The lowest BCUT2D eigenvalue weighted by Gasteiger charge is -2.33. The van der Waals surface area contributed by atoms with Crippen molar-refractivity contribution in [2.75, 3.05) is 13.2 Å². The van der Waals surface area contributed by atoms with Crippen LogP contribution in [-0.2, 0) is 16.1 Å². The Morgan fingerprint density at radius 2 is 2.08 bits per heavy atom. The lowest BCUT2D eigenvalue weighted by Crippen LogP contribution is -2.57. The summed E-state index contributed by atoms with van der Waals surface area (Å²) < 4.78 is 6.97. The van der Waals surface area contributed by atoms with Crippen LogP contribution in [0.2, 0.25) is 0 Å². The van der Waals surface area contributed by atoms with Gasteiger partial charge in [0, 0.05) is 44.0 Å². The third-order valence-electron chi connectivity index (χ3n) is 4.20. The van der Waals surface area contributed by atoms with Gasteiger partial charge in [-0.1, -0.05) is 12.1 Å². The minimum Gasteiger partial charge on any atom is -0.480 e. The number of aliphatic carboxylic acids is 1. The fraction of sp³-hybridized carbons (Fsp3) is 0.353. The molecule has 1 aliphatic heterocycles. The average Bonchev–Trinajstić information content (AvgIpc) is 3.09. The summed E-state index contributed by atoms with van der Waals surface area (Å²) in [6.45, 7) is 1.20. The number of hydrogen-bond acceptors (Lipinski definition) is 4. The molecular formula is C17H19N3O4. The van der Waals surface area contributed by atoms with Crippen molar-refractivity contribution in [3.63, 3.8) is 0 Å². The Hall–Kier alpha value is -2.67. The highest BCUT2D eigenvalue weighted by atomic mass is 16.5. The van der Waals surface area contributed by atoms with Crippen LogP contribution in [0, 0.1) is 0 Å². The van der Waals surface area contributed by atoms with Gasteiger partial charge in [-0.15, -0.1) is 0 Å². The average molecular weight is 329 g/mol. The summed E-state index contributed by atoms with van der Waals surface area (Å²) in [7, 11) is 0. The topological polar surface area (TPSA) is 93.5 Å². The predicted molar refractivity (Wildman–Crippen MR) is 85.7 cm³/mol. The van der Waals surface area contributed by atoms with Crippen LogP contribution >= 0.6 is 0 Å². The van der Waals surface area contributed by atoms with E-state index in [2.05, 4.69) is 10.4 Å². The number of amides is 1. The molecular weight excluding hydrogens is 310 g/mol. The molecule has 1 fully saturated rings. The molecule has 1 saturated heterocycles. The summed E-state index contributed by atoms with van der Waals surface area (Å²) in [5.41, 5.74) is 0.0994. The van der Waals surface area contributed by atoms with Crippen LogP contribution in [-0.4, -0.2) is 45.5 Å². The van der Waals surface area contributed by atoms with Crippen LogP contribution in [0.5, 0.6) is 0 Å². The Bertz CT molecular complexity index is 721. The van der Waals surface area contributed by atoms with Gasteiger partial charge in [-0.25, -0.2) is 4.79 Å². The van der Waals surface area contributed by atoms with Gasteiger partial charge in [0.2, 0.25) is 0 Å². The van der Waals surface area contributed by atoms with Gasteiger partial charge in [-0.05, 0) is 23.8 Å². The first-order valence-corrected chi connectivity index (χ1v) is 7.79. The van der Waals surface area contributed by atoms with E-state index in [0.717, 1.165) is 5.56 Å². The quantitative estimate of drug-likeness (QED) is 0.862. The van der Waals surface area contributed by atoms with Crippen molar-refractivity contribution in [2.24, 2.45) is 0 Å². The summed E-state index contributed by atoms with van der Waals surface area (Å²) in [6, 6.07) is 8.95. The number of hydrogen-bond donors (Lipinski definition) is 2. The summed E-state index contributed by atoms with van der Waals surface area (Å²) >= 11 is 0. The zero-order valence-electron chi connectivity index (χ0n) is 13.1. The van der Waals surface area contributed by atoms with E-state index in [-0.39, 0.29) is 18.7 Å². The minimum absolute atomic E-state index is 0.265. The molecule has 0 radical (unpaired) electrons. The van der Waals surface area contributed by atoms with Crippen molar-refractivity contribution < 1.29 is 19.4 Å². The highest BCUT2D eigenvalue weighted by molar-refractivity contribution is 5.98. The third-order valence-corrected chi connectivity index (χ3v) is 4.20. The van der Waals surface area contributed by atoms with Crippen LogP contribution in [0.4, 0.5) is 0 Å². The highest BCUT2D eigenvalue weighted by Crippen LogP contribution is 2.22. The second-order valence-electron chi connectivity index (χ2n) is 5.86. The molecule has 2 aromatic rings. The fourth-order valence-corrected chi connectivity index (χ4v) is 2.79. The molecule has 7 heteroatoms. The summed E-state index contributed by atoms with van der Waals surface area (Å²) in [6.07, 6.45) is 4.06. The molecule has 3 rings (SSSR count). The molecule has 1 aromatic carbocycles. The van der Waals surface area contributed by atoms with Crippen molar-refractivity contribution in [3.8, 4) is 0 Å². The van der Waals surface area contributed by atoms with Gasteiger partial charge < -0.3 is 15.2 Å². The molecule has 1 aliphatic rings. The molecule has 0 spiro atoms. The molecule has 7 nitrogen and oxygen atoms in total. The second kappa shape index (κ2) is 6.84. The van der Waals surface area contributed by atoms with Crippen molar-refractivity contribution in [1.29, 1.82) is 0 Å². The van der Waals surface area contributed by atoms with Crippen LogP contribution < -0.4 is 5.32 Å². The van der Waals surface area contributed by atoms with E-state index in [0.29, 0.717) is 25.3 Å². The smallest absolute Gasteiger partial charge is 0.329 e. The largest absolute Gasteiger partial charge is 0.480 e. The van der Waals surface area contributed by atoms with Crippen molar-refractivity contribution in [2.45, 2.75) is 24.9 Å². The van der Waals surface area contributed by atoms with Crippen LogP contribution in [0.25, 0.3) is 0 Å². The second-order valence-corrected chi connectivity index (χ2v) is 5.86. The van der Waals surface area contributed by atoms with E-state index >= 15 is 0 Å². The summed E-state index contributed by atoms with van der Waals surface area (Å²) in [5.74, 6) is -1.41. The Kier molecular flexibility index (Phi) is 4.61. The SMILES string of the molecule is O=C(NC1(C(=O)O)CCOCC1)c1cccc(Cn2cccn2)c1. The lowest BCUT2D eigenvalue weighted by molar-refractivity contribution is -0.148. The van der Waals surface area contributed by atoms with E-state index in [1.54, 1.807) is 29.1 Å². The standard InChI is InChI=1S/C17H19N3O4/c21-15(19-17(16(22)23)5-9-24-10-6-17)14-4-1-3-13(11-14)12-20-8-2-7-18-20/h1-4,7-8,11H,5-6,9-10,12H2,(H,19,21)(H,22,23). The molecule has 0 unspecified atom stereocenters. The van der Waals surface area contributed by atoms with Gasteiger partial charge in [-0.3, -0.25) is 9.48 Å². The first-order chi connectivity index (χ1) is 11.6. The van der Waals surface area contributed by atoms with E-state index in [1.165, 1.54) is 0 Å². The van der Waals surface area contributed by atoms with Crippen LogP contribution in [0.1, 0.15) is 28.8 Å². The number of benzene rings is 1. The zero-order chi connectivity index (χ0) is 17.0. The maximum atomic E-state index is 12.5. The molecule has 0 aliphatic carbocycles. The fourth-order valence-electron chi connectivity index (χ4n) is 2.79. The number of aromatic nitrogens is 2. The number of nitrogens with one attached hydrogen (secondary N) is 1. The maximum Gasteiger partial charge on any atom is 0.329 e. The number of carbonyl (C=O) groups is 2. The Labute approximate surface area is 139 Å². The third kappa shape index (κ3) is 3.46. The van der Waals surface area contributed by atoms with E-state index < -0.39 is 11.5 Å². The number of carbonyl (C=O) groups excluding carboxylic acids is 1. The van der Waals surface area contributed by atoms with E-state index in [9.17, 15) is 14.7 Å². The molecule has 2 N–H and O–H groups in total. The van der Waals surface area contributed by atoms with Gasteiger partial charge >= 0.3 is 5.97 Å². The van der Waals surface area contributed by atoms with Gasteiger partial charge in [-0.2, -0.15) is 5.10 Å². The molecule has 0 bridgehead atoms. The molecule has 1 aromatic heterocycles. The number of ether oxygens (including phenoxy) is 1. The Morgan fingerprint density at radius 3 is 2.75 bits per heavy atom. The van der Waals surface area contributed by atoms with Crippen LogP contribution in [0.15, 0.2) is 42.7 Å². The maximum absolute atomic E-state index is 12.5. The molecule has 0 saturated carbocycles.